The maximum absolute atomic E-state index is 12.4. The molecular formula is C16H22N2O2S. The summed E-state index contributed by atoms with van der Waals surface area (Å²) < 4.78 is 5.71. The summed E-state index contributed by atoms with van der Waals surface area (Å²) in [7, 11) is 0. The molecule has 1 fully saturated rings. The van der Waals surface area contributed by atoms with E-state index in [0.717, 1.165) is 24.4 Å². The molecule has 1 aromatic rings. The number of para-hydroxylation sites is 1. The minimum atomic E-state index is 0.235. The van der Waals surface area contributed by atoms with Gasteiger partial charge in [0.25, 0.3) is 0 Å². The number of carbonyl (C=O) groups excluding carboxylic acids is 1. The number of nitrogens with zero attached hydrogens (tertiary/aromatic N) is 1. The van der Waals surface area contributed by atoms with Crippen LogP contribution in [0, 0.1) is 0 Å². The summed E-state index contributed by atoms with van der Waals surface area (Å²) in [6.45, 7) is 4.09. The molecular weight excluding hydrogens is 284 g/mol. The van der Waals surface area contributed by atoms with Gasteiger partial charge < -0.3 is 15.0 Å². The van der Waals surface area contributed by atoms with Gasteiger partial charge in [0, 0.05) is 17.4 Å². The molecule has 21 heavy (non-hydrogen) atoms. The van der Waals surface area contributed by atoms with Crippen molar-refractivity contribution in [2.45, 2.75) is 24.6 Å². The third-order valence-corrected chi connectivity index (χ3v) is 5.39. The lowest BCUT2D eigenvalue weighted by Gasteiger charge is -2.24. The molecule has 5 heteroatoms. The highest BCUT2D eigenvalue weighted by Gasteiger charge is 2.21. The second-order valence-corrected chi connectivity index (χ2v) is 6.82. The molecule has 0 saturated carbocycles. The number of rotatable bonds is 3. The van der Waals surface area contributed by atoms with Crippen LogP contribution in [0.25, 0.3) is 0 Å². The van der Waals surface area contributed by atoms with Crippen LogP contribution in [0.3, 0.4) is 0 Å². The molecule has 1 N–H and O–H groups in total. The molecule has 2 aliphatic heterocycles. The molecule has 1 saturated heterocycles. The van der Waals surface area contributed by atoms with Gasteiger partial charge in [0.15, 0.2) is 0 Å². The van der Waals surface area contributed by atoms with Crippen molar-refractivity contribution in [3.05, 3.63) is 29.8 Å². The van der Waals surface area contributed by atoms with E-state index in [1.54, 1.807) is 0 Å². The average molecular weight is 306 g/mol. The van der Waals surface area contributed by atoms with Crippen molar-refractivity contribution in [3.8, 4) is 5.75 Å². The highest BCUT2D eigenvalue weighted by Crippen LogP contribution is 2.24. The lowest BCUT2D eigenvalue weighted by molar-refractivity contribution is -0.129. The molecule has 0 aromatic heterocycles. The molecule has 0 aliphatic carbocycles. The minimum Gasteiger partial charge on any atom is -0.491 e. The van der Waals surface area contributed by atoms with Crippen LogP contribution in [0.15, 0.2) is 24.3 Å². The first-order valence-corrected chi connectivity index (χ1v) is 8.68. The van der Waals surface area contributed by atoms with Crippen LogP contribution < -0.4 is 10.1 Å². The number of piperidine rings is 1. The molecule has 0 radical (unpaired) electrons. The zero-order valence-electron chi connectivity index (χ0n) is 12.2. The van der Waals surface area contributed by atoms with Gasteiger partial charge in [-0.05, 0) is 32.0 Å². The quantitative estimate of drug-likeness (QED) is 0.926. The van der Waals surface area contributed by atoms with Gasteiger partial charge in [0.05, 0.1) is 12.3 Å². The number of carbonyl (C=O) groups is 1. The lowest BCUT2D eigenvalue weighted by Crippen LogP contribution is -2.35. The van der Waals surface area contributed by atoms with Crippen LogP contribution in [0.4, 0.5) is 0 Å². The van der Waals surface area contributed by atoms with Crippen molar-refractivity contribution in [1.82, 2.24) is 10.2 Å². The van der Waals surface area contributed by atoms with E-state index in [0.29, 0.717) is 30.7 Å². The first-order valence-electron chi connectivity index (χ1n) is 7.64. The van der Waals surface area contributed by atoms with E-state index in [9.17, 15) is 4.79 Å². The Labute approximate surface area is 130 Å². The summed E-state index contributed by atoms with van der Waals surface area (Å²) in [4.78, 5) is 14.4. The fourth-order valence-electron chi connectivity index (χ4n) is 2.78. The monoisotopic (exact) mass is 306 g/mol. The number of benzene rings is 1. The SMILES string of the molecule is O=C(CSC1CCNCC1)N1CCOc2ccccc2C1. The summed E-state index contributed by atoms with van der Waals surface area (Å²) in [5, 5.41) is 3.99. The molecule has 0 spiro atoms. The third-order valence-electron chi connectivity index (χ3n) is 4.03. The molecule has 0 atom stereocenters. The molecule has 2 aliphatic rings. The highest BCUT2D eigenvalue weighted by molar-refractivity contribution is 8.00. The Morgan fingerprint density at radius 1 is 1.33 bits per heavy atom. The summed E-state index contributed by atoms with van der Waals surface area (Å²) in [6, 6.07) is 8.00. The number of nitrogens with one attached hydrogen (secondary N) is 1. The molecule has 114 valence electrons. The Morgan fingerprint density at radius 2 is 2.14 bits per heavy atom. The minimum absolute atomic E-state index is 0.235. The lowest BCUT2D eigenvalue weighted by atomic mass is 10.2. The van der Waals surface area contributed by atoms with Crippen LogP contribution in [0.1, 0.15) is 18.4 Å². The van der Waals surface area contributed by atoms with Crippen molar-refractivity contribution in [2.24, 2.45) is 0 Å². The van der Waals surface area contributed by atoms with E-state index in [4.69, 9.17) is 4.74 Å². The van der Waals surface area contributed by atoms with Crippen LogP contribution in [0.5, 0.6) is 5.75 Å². The van der Waals surface area contributed by atoms with Crippen molar-refractivity contribution in [1.29, 1.82) is 0 Å². The second kappa shape index (κ2) is 7.18. The van der Waals surface area contributed by atoms with E-state index in [1.807, 2.05) is 40.9 Å². The van der Waals surface area contributed by atoms with Crippen molar-refractivity contribution < 1.29 is 9.53 Å². The van der Waals surface area contributed by atoms with Gasteiger partial charge in [-0.3, -0.25) is 4.79 Å². The largest absolute Gasteiger partial charge is 0.491 e. The van der Waals surface area contributed by atoms with Gasteiger partial charge >= 0.3 is 0 Å². The molecule has 1 amide bonds. The van der Waals surface area contributed by atoms with E-state index < -0.39 is 0 Å². The molecule has 2 heterocycles. The van der Waals surface area contributed by atoms with Gasteiger partial charge in [-0.15, -0.1) is 11.8 Å². The first kappa shape index (κ1) is 14.7. The Balaban J connectivity index is 1.55. The van der Waals surface area contributed by atoms with Crippen LogP contribution >= 0.6 is 11.8 Å². The van der Waals surface area contributed by atoms with Gasteiger partial charge in [-0.25, -0.2) is 0 Å². The zero-order chi connectivity index (χ0) is 14.5. The van der Waals surface area contributed by atoms with Crippen LogP contribution in [0.2, 0.25) is 0 Å². The molecule has 4 nitrogen and oxygen atoms in total. The predicted octanol–water partition coefficient (Wildman–Crippen LogP) is 1.89. The zero-order valence-corrected chi connectivity index (χ0v) is 13.0. The fraction of sp³-hybridized carbons (Fsp3) is 0.562. The number of amides is 1. The second-order valence-electron chi connectivity index (χ2n) is 5.53. The number of hydrogen-bond donors (Lipinski definition) is 1. The Bertz CT molecular complexity index is 489. The Hall–Kier alpha value is -1.20. The van der Waals surface area contributed by atoms with E-state index in [-0.39, 0.29) is 5.91 Å². The Morgan fingerprint density at radius 3 is 3.00 bits per heavy atom. The normalized spacial score (nSPS) is 19.5. The van der Waals surface area contributed by atoms with Gasteiger partial charge in [-0.2, -0.15) is 0 Å². The highest BCUT2D eigenvalue weighted by atomic mass is 32.2. The topological polar surface area (TPSA) is 41.6 Å². The van der Waals surface area contributed by atoms with Crippen LogP contribution in [-0.2, 0) is 11.3 Å². The Kier molecular flexibility index (Phi) is 5.04. The standard InChI is InChI=1S/C16H22N2O2S/c19-16(12-21-14-5-7-17-8-6-14)18-9-10-20-15-4-2-1-3-13(15)11-18/h1-4,14,17H,5-12H2. The smallest absolute Gasteiger partial charge is 0.232 e. The van der Waals surface area contributed by atoms with E-state index in [2.05, 4.69) is 5.32 Å². The molecule has 3 rings (SSSR count). The van der Waals surface area contributed by atoms with Crippen LogP contribution in [-0.4, -0.2) is 48.1 Å². The predicted molar refractivity (Wildman–Crippen MR) is 85.7 cm³/mol. The number of thioether (sulfide) groups is 1. The summed E-state index contributed by atoms with van der Waals surface area (Å²) in [5.74, 6) is 1.74. The van der Waals surface area contributed by atoms with Crippen molar-refractivity contribution in [2.75, 3.05) is 32.0 Å². The van der Waals surface area contributed by atoms with Crippen molar-refractivity contribution >= 4 is 17.7 Å². The maximum Gasteiger partial charge on any atom is 0.232 e. The first-order chi connectivity index (χ1) is 10.3. The summed E-state index contributed by atoms with van der Waals surface area (Å²) in [5.41, 5.74) is 1.11. The molecule has 0 bridgehead atoms. The third kappa shape index (κ3) is 3.92. The van der Waals surface area contributed by atoms with Gasteiger partial charge in [0.2, 0.25) is 5.91 Å². The number of ether oxygens (including phenoxy) is 1. The van der Waals surface area contributed by atoms with Gasteiger partial charge in [0.1, 0.15) is 12.4 Å². The fourth-order valence-corrected chi connectivity index (χ4v) is 3.91. The maximum atomic E-state index is 12.4. The van der Waals surface area contributed by atoms with Gasteiger partial charge in [-0.1, -0.05) is 18.2 Å². The molecule has 0 unspecified atom stereocenters. The average Bonchev–Trinajstić information content (AvgIpc) is 2.76. The number of hydrogen-bond acceptors (Lipinski definition) is 4. The van der Waals surface area contributed by atoms with Crippen molar-refractivity contribution in [3.63, 3.8) is 0 Å². The molecule has 1 aromatic carbocycles. The van der Waals surface area contributed by atoms with E-state index in [1.165, 1.54) is 12.8 Å². The van der Waals surface area contributed by atoms with E-state index >= 15 is 0 Å². The summed E-state index contributed by atoms with van der Waals surface area (Å²) in [6.07, 6.45) is 2.34. The number of fused-ring (bicyclic) bond motifs is 1. The summed E-state index contributed by atoms with van der Waals surface area (Å²) >= 11 is 1.82.